The number of amides is 1. The maximum atomic E-state index is 12.1. The first-order valence-electron chi connectivity index (χ1n) is 11.6. The van der Waals surface area contributed by atoms with Crippen LogP contribution in [0.25, 0.3) is 22.3 Å². The SMILES string of the molecule is CNC(=O)c1cccc(-c2ccc3c(N4CC5COC(C5)C4)nc(N(C)CCOC)nc3n2)c1. The molecule has 9 heteroatoms. The molecule has 0 radical (unpaired) electrons. The molecule has 0 saturated carbocycles. The smallest absolute Gasteiger partial charge is 0.251 e. The number of piperidine rings is 1. The minimum atomic E-state index is -0.128. The number of benzene rings is 1. The second-order valence-electron chi connectivity index (χ2n) is 8.95. The molecule has 4 heterocycles. The minimum Gasteiger partial charge on any atom is -0.383 e. The molecular weight excluding hydrogens is 432 g/mol. The number of likely N-dealkylation sites (N-methyl/N-ethyl adjacent to an activating group) is 1. The Hall–Kier alpha value is -3.30. The van der Waals surface area contributed by atoms with E-state index in [0.29, 0.717) is 36.2 Å². The van der Waals surface area contributed by atoms with Gasteiger partial charge in [-0.25, -0.2) is 4.98 Å². The Labute approximate surface area is 199 Å². The second-order valence-corrected chi connectivity index (χ2v) is 8.95. The van der Waals surface area contributed by atoms with Crippen molar-refractivity contribution < 1.29 is 14.3 Å². The van der Waals surface area contributed by atoms with E-state index in [-0.39, 0.29) is 12.0 Å². The van der Waals surface area contributed by atoms with Crippen LogP contribution >= 0.6 is 0 Å². The summed E-state index contributed by atoms with van der Waals surface area (Å²) in [4.78, 5) is 31.1. The summed E-state index contributed by atoms with van der Waals surface area (Å²) in [5.74, 6) is 1.90. The van der Waals surface area contributed by atoms with Crippen LogP contribution < -0.4 is 15.1 Å². The van der Waals surface area contributed by atoms with Crippen LogP contribution in [0.4, 0.5) is 11.8 Å². The Bertz CT molecular complexity index is 1190. The van der Waals surface area contributed by atoms with Gasteiger partial charge in [-0.15, -0.1) is 0 Å². The van der Waals surface area contributed by atoms with Crippen LogP contribution in [-0.2, 0) is 9.47 Å². The number of nitrogens with one attached hydrogen (secondary N) is 1. The van der Waals surface area contributed by atoms with Crippen molar-refractivity contribution in [2.45, 2.75) is 12.5 Å². The zero-order chi connectivity index (χ0) is 23.7. The molecule has 34 heavy (non-hydrogen) atoms. The summed E-state index contributed by atoms with van der Waals surface area (Å²) in [7, 11) is 5.27. The monoisotopic (exact) mass is 462 g/mol. The number of ether oxygens (including phenoxy) is 2. The van der Waals surface area contributed by atoms with Crippen LogP contribution in [0.2, 0.25) is 0 Å². The van der Waals surface area contributed by atoms with Crippen molar-refractivity contribution in [2.24, 2.45) is 5.92 Å². The molecule has 5 rings (SSSR count). The highest BCUT2D eigenvalue weighted by Crippen LogP contribution is 2.34. The van der Waals surface area contributed by atoms with Gasteiger partial charge >= 0.3 is 0 Å². The number of anilines is 2. The topological polar surface area (TPSA) is 92.7 Å². The molecule has 1 amide bonds. The molecule has 2 aliphatic heterocycles. The molecule has 0 aliphatic carbocycles. The summed E-state index contributed by atoms with van der Waals surface area (Å²) < 4.78 is 11.2. The third-order valence-corrected chi connectivity index (χ3v) is 6.51. The lowest BCUT2D eigenvalue weighted by Crippen LogP contribution is -2.40. The fourth-order valence-electron chi connectivity index (χ4n) is 4.69. The molecule has 2 aliphatic rings. The van der Waals surface area contributed by atoms with E-state index in [1.807, 2.05) is 42.3 Å². The Morgan fingerprint density at radius 3 is 2.91 bits per heavy atom. The van der Waals surface area contributed by atoms with Crippen LogP contribution in [0.3, 0.4) is 0 Å². The number of aromatic nitrogens is 3. The number of nitrogens with zero attached hydrogens (tertiary/aromatic N) is 5. The number of pyridine rings is 1. The van der Waals surface area contributed by atoms with E-state index in [1.165, 1.54) is 0 Å². The zero-order valence-electron chi connectivity index (χ0n) is 19.8. The van der Waals surface area contributed by atoms with Crippen molar-refractivity contribution in [1.29, 1.82) is 0 Å². The summed E-state index contributed by atoms with van der Waals surface area (Å²) in [5, 5.41) is 3.58. The van der Waals surface area contributed by atoms with E-state index in [1.54, 1.807) is 20.2 Å². The van der Waals surface area contributed by atoms with Gasteiger partial charge in [0.15, 0.2) is 5.65 Å². The van der Waals surface area contributed by atoms with Gasteiger partial charge < -0.3 is 24.6 Å². The number of rotatable bonds is 7. The maximum absolute atomic E-state index is 12.1. The van der Waals surface area contributed by atoms with Gasteiger partial charge in [-0.3, -0.25) is 4.79 Å². The van der Waals surface area contributed by atoms with Gasteiger partial charge in [-0.2, -0.15) is 9.97 Å². The molecule has 178 valence electrons. The van der Waals surface area contributed by atoms with E-state index in [4.69, 9.17) is 24.4 Å². The summed E-state index contributed by atoms with van der Waals surface area (Å²) in [6.07, 6.45) is 1.36. The lowest BCUT2D eigenvalue weighted by atomic mass is 10.00. The second kappa shape index (κ2) is 9.52. The predicted molar refractivity (Wildman–Crippen MR) is 131 cm³/mol. The first kappa shape index (κ1) is 22.5. The van der Waals surface area contributed by atoms with Crippen molar-refractivity contribution in [3.63, 3.8) is 0 Å². The molecule has 2 atom stereocenters. The van der Waals surface area contributed by atoms with Crippen molar-refractivity contribution in [3.05, 3.63) is 42.0 Å². The number of methoxy groups -OCH3 is 1. The molecule has 3 aromatic rings. The van der Waals surface area contributed by atoms with Crippen LogP contribution in [0.5, 0.6) is 0 Å². The molecule has 9 nitrogen and oxygen atoms in total. The Morgan fingerprint density at radius 2 is 2.12 bits per heavy atom. The van der Waals surface area contributed by atoms with Crippen molar-refractivity contribution in [1.82, 2.24) is 20.3 Å². The number of hydrogen-bond donors (Lipinski definition) is 1. The van der Waals surface area contributed by atoms with Crippen LogP contribution in [0.15, 0.2) is 36.4 Å². The molecule has 1 aromatic carbocycles. The fraction of sp³-hybridized carbons (Fsp3) is 0.440. The zero-order valence-corrected chi connectivity index (χ0v) is 19.8. The van der Waals surface area contributed by atoms with Gasteiger partial charge in [0.05, 0.1) is 30.4 Å². The number of hydrogen-bond acceptors (Lipinski definition) is 8. The highest BCUT2D eigenvalue weighted by atomic mass is 16.5. The maximum Gasteiger partial charge on any atom is 0.251 e. The summed E-state index contributed by atoms with van der Waals surface area (Å²) >= 11 is 0. The molecule has 1 N–H and O–H groups in total. The van der Waals surface area contributed by atoms with Crippen molar-refractivity contribution >= 4 is 28.7 Å². The molecule has 0 spiro atoms. The third kappa shape index (κ3) is 4.41. The summed E-state index contributed by atoms with van der Waals surface area (Å²) in [5.41, 5.74) is 2.84. The molecule has 2 saturated heterocycles. The minimum absolute atomic E-state index is 0.128. The Kier molecular flexibility index (Phi) is 6.30. The largest absolute Gasteiger partial charge is 0.383 e. The normalized spacial score (nSPS) is 19.4. The molecule has 2 aromatic heterocycles. The predicted octanol–water partition coefficient (Wildman–Crippen LogP) is 2.36. The first-order valence-corrected chi connectivity index (χ1v) is 11.6. The van der Waals surface area contributed by atoms with Gasteiger partial charge in [-0.05, 0) is 30.7 Å². The molecule has 2 bridgehead atoms. The fourth-order valence-corrected chi connectivity index (χ4v) is 4.69. The molecule has 2 fully saturated rings. The Morgan fingerprint density at radius 1 is 1.24 bits per heavy atom. The van der Waals surface area contributed by atoms with E-state index in [0.717, 1.165) is 48.6 Å². The van der Waals surface area contributed by atoms with Crippen LogP contribution in [-0.4, -0.2) is 81.0 Å². The van der Waals surface area contributed by atoms with E-state index < -0.39 is 0 Å². The summed E-state index contributed by atoms with van der Waals surface area (Å²) in [6, 6.07) is 11.5. The summed E-state index contributed by atoms with van der Waals surface area (Å²) in [6.45, 7) is 3.80. The van der Waals surface area contributed by atoms with Gasteiger partial charge in [0.25, 0.3) is 5.91 Å². The van der Waals surface area contributed by atoms with E-state index >= 15 is 0 Å². The first-order chi connectivity index (χ1) is 16.6. The van der Waals surface area contributed by atoms with Gasteiger partial charge in [0.1, 0.15) is 5.82 Å². The third-order valence-electron chi connectivity index (χ3n) is 6.51. The quantitative estimate of drug-likeness (QED) is 0.572. The lowest BCUT2D eigenvalue weighted by Gasteiger charge is -2.32. The van der Waals surface area contributed by atoms with Crippen molar-refractivity contribution in [2.75, 3.05) is 63.9 Å². The number of carbonyl (C=O) groups is 1. The average Bonchev–Trinajstić information content (AvgIpc) is 3.22. The number of fused-ring (bicyclic) bond motifs is 3. The van der Waals surface area contributed by atoms with Gasteiger partial charge in [0.2, 0.25) is 5.95 Å². The molecular formula is C25H30N6O3. The molecule has 2 unspecified atom stereocenters. The van der Waals surface area contributed by atoms with E-state index in [2.05, 4.69) is 10.2 Å². The highest BCUT2D eigenvalue weighted by molar-refractivity contribution is 5.95. The van der Waals surface area contributed by atoms with Crippen LogP contribution in [0, 0.1) is 5.92 Å². The number of carbonyl (C=O) groups excluding carboxylic acids is 1. The lowest BCUT2D eigenvalue weighted by molar-refractivity contribution is 0.0963. The standard InChI is InChI=1S/C25H30N6O3/c1-26-24(32)18-6-4-5-17(12-18)21-8-7-20-22(27-21)28-25(30(2)9-10-33-3)29-23(20)31-13-16-11-19(14-31)34-15-16/h4-8,12,16,19H,9-11,13-15H2,1-3H3,(H,26,32). The van der Waals surface area contributed by atoms with Crippen molar-refractivity contribution in [3.8, 4) is 11.3 Å². The van der Waals surface area contributed by atoms with Gasteiger partial charge in [-0.1, -0.05) is 12.1 Å². The van der Waals surface area contributed by atoms with Crippen LogP contribution in [0.1, 0.15) is 16.8 Å². The average molecular weight is 463 g/mol. The highest BCUT2D eigenvalue weighted by Gasteiger charge is 2.35. The Balaban J connectivity index is 1.58. The van der Waals surface area contributed by atoms with Gasteiger partial charge in [0, 0.05) is 57.9 Å². The van der Waals surface area contributed by atoms with E-state index in [9.17, 15) is 4.79 Å².